The molecule has 0 radical (unpaired) electrons. The van der Waals surface area contributed by atoms with Gasteiger partial charge in [-0.1, -0.05) is 54.1 Å². The Morgan fingerprint density at radius 3 is 2.29 bits per heavy atom. The van der Waals surface area contributed by atoms with Gasteiger partial charge in [0, 0.05) is 23.4 Å². The van der Waals surface area contributed by atoms with Gasteiger partial charge in [0.05, 0.1) is 6.04 Å². The van der Waals surface area contributed by atoms with Crippen molar-refractivity contribution in [2.24, 2.45) is 5.92 Å². The van der Waals surface area contributed by atoms with E-state index in [9.17, 15) is 9.59 Å². The van der Waals surface area contributed by atoms with Gasteiger partial charge in [-0.15, -0.1) is 0 Å². The molecule has 0 aliphatic heterocycles. The van der Waals surface area contributed by atoms with E-state index in [1.165, 1.54) is 0 Å². The third kappa shape index (κ3) is 4.45. The molecule has 1 amide bonds. The Morgan fingerprint density at radius 1 is 1.00 bits per heavy atom. The van der Waals surface area contributed by atoms with Crippen LogP contribution in [0.1, 0.15) is 47.6 Å². The number of hydrogen-bond acceptors (Lipinski definition) is 2. The lowest BCUT2D eigenvalue weighted by Gasteiger charge is -2.19. The first-order valence-electron chi connectivity index (χ1n) is 8.26. The highest BCUT2D eigenvalue weighted by Crippen LogP contribution is 2.41. The molecule has 1 aliphatic carbocycles. The summed E-state index contributed by atoms with van der Waals surface area (Å²) >= 11 is 5.94. The van der Waals surface area contributed by atoms with Crippen LogP contribution in [0.5, 0.6) is 0 Å². The van der Waals surface area contributed by atoms with Gasteiger partial charge in [0.25, 0.3) is 0 Å². The van der Waals surface area contributed by atoms with Gasteiger partial charge in [0.2, 0.25) is 5.91 Å². The summed E-state index contributed by atoms with van der Waals surface area (Å²) in [6.07, 6.45) is 2.69. The summed E-state index contributed by atoms with van der Waals surface area (Å²) in [5.74, 6) is 0.409. The first-order valence-corrected chi connectivity index (χ1v) is 8.64. The number of Topliss-reactive ketones (excluding diaryl/α,β-unsaturated/α-hetero) is 1. The molecule has 4 heteroatoms. The van der Waals surface area contributed by atoms with Crippen LogP contribution in [0, 0.1) is 5.92 Å². The summed E-state index contributed by atoms with van der Waals surface area (Å²) < 4.78 is 0. The first kappa shape index (κ1) is 16.7. The lowest BCUT2D eigenvalue weighted by molar-refractivity contribution is -0.122. The molecule has 0 spiro atoms. The molecular weight excluding hydrogens is 322 g/mol. The van der Waals surface area contributed by atoms with Crippen molar-refractivity contribution >= 4 is 23.3 Å². The van der Waals surface area contributed by atoms with Gasteiger partial charge in [-0.3, -0.25) is 9.59 Å². The molecule has 1 saturated carbocycles. The Balaban J connectivity index is 1.56. The number of carbonyl (C=O) groups is 2. The van der Waals surface area contributed by atoms with Crippen molar-refractivity contribution in [2.45, 2.75) is 31.7 Å². The standard InChI is InChI=1S/C20H20ClNO2/c21-17-10-8-16(9-11-17)20(15-6-7-15)22-19(24)13-12-18(23)14-4-2-1-3-5-14/h1-5,8-11,15,20H,6-7,12-13H2,(H,22,24). The van der Waals surface area contributed by atoms with E-state index in [-0.39, 0.29) is 30.6 Å². The van der Waals surface area contributed by atoms with Gasteiger partial charge in [-0.05, 0) is 36.5 Å². The monoisotopic (exact) mass is 341 g/mol. The summed E-state index contributed by atoms with van der Waals surface area (Å²) in [5, 5.41) is 3.78. The molecule has 0 saturated heterocycles. The van der Waals surface area contributed by atoms with Crippen LogP contribution in [-0.2, 0) is 4.79 Å². The fraction of sp³-hybridized carbons (Fsp3) is 0.300. The minimum atomic E-state index is -0.0777. The highest BCUT2D eigenvalue weighted by atomic mass is 35.5. The van der Waals surface area contributed by atoms with Crippen molar-refractivity contribution < 1.29 is 9.59 Å². The normalized spacial score (nSPS) is 14.9. The predicted octanol–water partition coefficient (Wildman–Crippen LogP) is 4.57. The maximum absolute atomic E-state index is 12.3. The maximum atomic E-state index is 12.3. The summed E-state index contributed by atoms with van der Waals surface area (Å²) in [6.45, 7) is 0. The zero-order chi connectivity index (χ0) is 16.9. The number of halogens is 1. The van der Waals surface area contributed by atoms with Gasteiger partial charge in [0.15, 0.2) is 5.78 Å². The van der Waals surface area contributed by atoms with Crippen LogP contribution in [0.4, 0.5) is 0 Å². The zero-order valence-electron chi connectivity index (χ0n) is 13.4. The van der Waals surface area contributed by atoms with E-state index in [2.05, 4.69) is 5.32 Å². The molecule has 1 atom stereocenters. The highest BCUT2D eigenvalue weighted by molar-refractivity contribution is 6.30. The molecule has 0 heterocycles. The molecule has 3 nitrogen and oxygen atoms in total. The van der Waals surface area contributed by atoms with Crippen LogP contribution in [0.15, 0.2) is 54.6 Å². The fourth-order valence-electron chi connectivity index (χ4n) is 2.81. The number of benzene rings is 2. The largest absolute Gasteiger partial charge is 0.349 e. The molecule has 1 unspecified atom stereocenters. The van der Waals surface area contributed by atoms with Gasteiger partial charge in [0.1, 0.15) is 0 Å². The second-order valence-electron chi connectivity index (χ2n) is 6.22. The van der Waals surface area contributed by atoms with E-state index in [0.717, 1.165) is 18.4 Å². The lowest BCUT2D eigenvalue weighted by atomic mass is 10.0. The van der Waals surface area contributed by atoms with Crippen LogP contribution in [0.3, 0.4) is 0 Å². The zero-order valence-corrected chi connectivity index (χ0v) is 14.1. The number of hydrogen-bond donors (Lipinski definition) is 1. The third-order valence-electron chi connectivity index (χ3n) is 4.31. The average Bonchev–Trinajstić information content (AvgIpc) is 3.44. The molecule has 2 aromatic carbocycles. The molecular formula is C20H20ClNO2. The molecule has 0 aromatic heterocycles. The molecule has 24 heavy (non-hydrogen) atoms. The molecule has 3 rings (SSSR count). The summed E-state index contributed by atoms with van der Waals surface area (Å²) in [4.78, 5) is 24.4. The topological polar surface area (TPSA) is 46.2 Å². The van der Waals surface area contributed by atoms with Gasteiger partial charge in [-0.25, -0.2) is 0 Å². The summed E-state index contributed by atoms with van der Waals surface area (Å²) in [6, 6.07) is 16.7. The molecule has 2 aromatic rings. The van der Waals surface area contributed by atoms with Crippen molar-refractivity contribution in [3.8, 4) is 0 Å². The second-order valence-corrected chi connectivity index (χ2v) is 6.66. The second kappa shape index (κ2) is 7.63. The van der Waals surface area contributed by atoms with Crippen molar-refractivity contribution in [3.63, 3.8) is 0 Å². The summed E-state index contributed by atoms with van der Waals surface area (Å²) in [7, 11) is 0. The SMILES string of the molecule is O=C(CCC(=O)c1ccccc1)NC(c1ccc(Cl)cc1)C1CC1. The molecule has 0 bridgehead atoms. The van der Waals surface area contributed by atoms with Crippen LogP contribution >= 0.6 is 11.6 Å². The molecule has 1 fully saturated rings. The third-order valence-corrected chi connectivity index (χ3v) is 4.57. The molecule has 1 N–H and O–H groups in total. The number of carbonyl (C=O) groups excluding carboxylic acids is 2. The van der Waals surface area contributed by atoms with Crippen molar-refractivity contribution in [1.82, 2.24) is 5.32 Å². The lowest BCUT2D eigenvalue weighted by Crippen LogP contribution is -2.30. The minimum absolute atomic E-state index is 0.000199. The number of nitrogens with one attached hydrogen (secondary N) is 1. The predicted molar refractivity (Wildman–Crippen MR) is 95.1 cm³/mol. The maximum Gasteiger partial charge on any atom is 0.220 e. The number of rotatable bonds is 7. The van der Waals surface area contributed by atoms with Crippen molar-refractivity contribution in [3.05, 3.63) is 70.7 Å². The van der Waals surface area contributed by atoms with Crippen LogP contribution < -0.4 is 5.32 Å². The Hall–Kier alpha value is -2.13. The van der Waals surface area contributed by atoms with Crippen LogP contribution in [0.2, 0.25) is 5.02 Å². The Kier molecular flexibility index (Phi) is 5.31. The van der Waals surface area contributed by atoms with E-state index < -0.39 is 0 Å². The van der Waals surface area contributed by atoms with E-state index in [4.69, 9.17) is 11.6 Å². The number of ketones is 1. The Labute approximate surface area is 147 Å². The van der Waals surface area contributed by atoms with Crippen molar-refractivity contribution in [2.75, 3.05) is 0 Å². The van der Waals surface area contributed by atoms with Gasteiger partial charge >= 0.3 is 0 Å². The van der Waals surface area contributed by atoms with Crippen LogP contribution in [0.25, 0.3) is 0 Å². The van der Waals surface area contributed by atoms with Gasteiger partial charge in [-0.2, -0.15) is 0 Å². The quantitative estimate of drug-likeness (QED) is 0.750. The van der Waals surface area contributed by atoms with E-state index in [1.807, 2.05) is 42.5 Å². The Bertz CT molecular complexity index is 708. The minimum Gasteiger partial charge on any atom is -0.349 e. The highest BCUT2D eigenvalue weighted by Gasteiger charge is 2.33. The molecule has 124 valence electrons. The van der Waals surface area contributed by atoms with Crippen LogP contribution in [-0.4, -0.2) is 11.7 Å². The van der Waals surface area contributed by atoms with E-state index in [0.29, 0.717) is 16.5 Å². The smallest absolute Gasteiger partial charge is 0.220 e. The van der Waals surface area contributed by atoms with Crippen molar-refractivity contribution in [1.29, 1.82) is 0 Å². The van der Waals surface area contributed by atoms with E-state index >= 15 is 0 Å². The average molecular weight is 342 g/mol. The fourth-order valence-corrected chi connectivity index (χ4v) is 2.94. The number of amides is 1. The summed E-state index contributed by atoms with van der Waals surface area (Å²) in [5.41, 5.74) is 1.73. The first-order chi connectivity index (χ1) is 11.6. The van der Waals surface area contributed by atoms with Gasteiger partial charge < -0.3 is 5.32 Å². The molecule has 1 aliphatic rings. The Morgan fingerprint density at radius 2 is 1.67 bits per heavy atom. The van der Waals surface area contributed by atoms with E-state index in [1.54, 1.807) is 12.1 Å².